The van der Waals surface area contributed by atoms with Crippen molar-refractivity contribution >= 4 is 31.3 Å². The number of nitrogens with one attached hydrogen (secondary N) is 1. The molecule has 1 aliphatic rings. The van der Waals surface area contributed by atoms with Crippen LogP contribution in [0.1, 0.15) is 24.0 Å². The molecule has 13 nitrogen and oxygen atoms in total. The molecule has 3 amide bonds. The molecule has 0 spiro atoms. The summed E-state index contributed by atoms with van der Waals surface area (Å²) in [6.07, 6.45) is -0.120. The molecular formula is C21H27F2N2O11P. The molecule has 1 saturated heterocycles. The quantitative estimate of drug-likeness (QED) is 0.145. The summed E-state index contributed by atoms with van der Waals surface area (Å²) in [5.74, 6) is -2.44. The van der Waals surface area contributed by atoms with Gasteiger partial charge in [0.05, 0.1) is 39.5 Å². The fourth-order valence-electron chi connectivity index (χ4n) is 2.88. The van der Waals surface area contributed by atoms with E-state index in [0.717, 1.165) is 12.1 Å². The van der Waals surface area contributed by atoms with Crippen LogP contribution in [0.15, 0.2) is 24.3 Å². The highest BCUT2D eigenvalue weighted by molar-refractivity contribution is 7.52. The molecule has 1 aromatic rings. The first-order valence-electron chi connectivity index (χ1n) is 11.0. The molecule has 1 aromatic carbocycles. The third kappa shape index (κ3) is 9.87. The number of hydrogen-bond donors (Lipinski definition) is 3. The van der Waals surface area contributed by atoms with Crippen molar-refractivity contribution in [1.29, 1.82) is 0 Å². The second kappa shape index (κ2) is 14.2. The molecule has 0 aromatic heterocycles. The molecule has 0 aliphatic carbocycles. The third-order valence-corrected chi connectivity index (χ3v) is 5.75. The molecule has 0 bridgehead atoms. The lowest BCUT2D eigenvalue weighted by Crippen LogP contribution is -2.33. The highest BCUT2D eigenvalue weighted by Gasteiger charge is 2.50. The molecule has 0 radical (unpaired) electrons. The number of benzene rings is 1. The summed E-state index contributed by atoms with van der Waals surface area (Å²) >= 11 is 0. The lowest BCUT2D eigenvalue weighted by Gasteiger charge is -2.18. The smallest absolute Gasteiger partial charge is 0.377 e. The minimum Gasteiger partial charge on any atom is -0.377 e. The van der Waals surface area contributed by atoms with Crippen molar-refractivity contribution in [3.05, 3.63) is 35.4 Å². The fourth-order valence-corrected chi connectivity index (χ4v) is 3.37. The Morgan fingerprint density at radius 2 is 1.49 bits per heavy atom. The van der Waals surface area contributed by atoms with Crippen molar-refractivity contribution in [3.63, 3.8) is 0 Å². The Bertz CT molecular complexity index is 985. The Balaban J connectivity index is 1.47. The van der Waals surface area contributed by atoms with Gasteiger partial charge in [-0.1, -0.05) is 24.3 Å². The number of alkyl halides is 2. The topological polar surface area (TPSA) is 178 Å². The van der Waals surface area contributed by atoms with Gasteiger partial charge in [-0.25, -0.2) is 4.79 Å². The van der Waals surface area contributed by atoms with Crippen LogP contribution in [0, 0.1) is 0 Å². The summed E-state index contributed by atoms with van der Waals surface area (Å²) in [6, 6.07) is 4.10. The zero-order chi connectivity index (χ0) is 27.5. The minimum atomic E-state index is -5.66. The zero-order valence-electron chi connectivity index (χ0n) is 19.6. The van der Waals surface area contributed by atoms with Gasteiger partial charge < -0.3 is 34.2 Å². The first kappa shape index (κ1) is 30.4. The molecule has 0 unspecified atom stereocenters. The van der Waals surface area contributed by atoms with Crippen LogP contribution in [0.25, 0.3) is 0 Å². The molecule has 1 aliphatic heterocycles. The van der Waals surface area contributed by atoms with Crippen molar-refractivity contribution in [1.82, 2.24) is 10.4 Å². The molecule has 1 fully saturated rings. The van der Waals surface area contributed by atoms with Crippen molar-refractivity contribution in [2.24, 2.45) is 0 Å². The number of amides is 3. The highest BCUT2D eigenvalue weighted by atomic mass is 31.2. The number of halogens is 2. The molecule has 16 heteroatoms. The van der Waals surface area contributed by atoms with Gasteiger partial charge in [0.1, 0.15) is 6.61 Å². The van der Waals surface area contributed by atoms with Gasteiger partial charge in [0.15, 0.2) is 0 Å². The average Bonchev–Trinajstić information content (AvgIpc) is 3.14. The zero-order valence-corrected chi connectivity index (χ0v) is 20.5. The predicted octanol–water partition coefficient (Wildman–Crippen LogP) is 0.229. The number of hydroxylamine groups is 2. The van der Waals surface area contributed by atoms with Gasteiger partial charge in [0, 0.05) is 24.9 Å². The van der Waals surface area contributed by atoms with Crippen LogP contribution in [0.4, 0.5) is 8.78 Å². The lowest BCUT2D eigenvalue weighted by atomic mass is 10.1. The number of ether oxygens (including phenoxy) is 3. The standard InChI is InChI=1S/C21H27F2N2O11P/c22-21(23,37(30,31)32)16-3-1-15(2-4-16)13-17(26)24-7-8-33-9-10-34-11-12-35-14-20(29)36-25-18(27)5-6-19(25)28/h1-4H,5-14H2,(H,24,26)(H2,30,31,32). The van der Waals surface area contributed by atoms with Gasteiger partial charge in [-0.15, -0.1) is 5.06 Å². The Kier molecular flexibility index (Phi) is 11.7. The van der Waals surface area contributed by atoms with Crippen molar-refractivity contribution in [2.45, 2.75) is 24.9 Å². The summed E-state index contributed by atoms with van der Waals surface area (Å²) in [4.78, 5) is 68.2. The number of carbonyl (C=O) groups excluding carboxylic acids is 4. The van der Waals surface area contributed by atoms with Gasteiger partial charge in [-0.05, 0) is 5.56 Å². The van der Waals surface area contributed by atoms with Crippen molar-refractivity contribution < 1.29 is 61.4 Å². The van der Waals surface area contributed by atoms with E-state index in [0.29, 0.717) is 10.6 Å². The minimum absolute atomic E-state index is 0.00118. The van der Waals surface area contributed by atoms with Gasteiger partial charge >= 0.3 is 19.2 Å². The Labute approximate surface area is 210 Å². The molecule has 0 saturated carbocycles. The summed E-state index contributed by atoms with van der Waals surface area (Å²) in [6.45, 7) is 0.537. The van der Waals surface area contributed by atoms with Crippen LogP contribution in [-0.2, 0) is 54.9 Å². The van der Waals surface area contributed by atoms with E-state index >= 15 is 0 Å². The van der Waals surface area contributed by atoms with E-state index in [2.05, 4.69) is 10.2 Å². The Morgan fingerprint density at radius 3 is 2.05 bits per heavy atom. The lowest BCUT2D eigenvalue weighted by molar-refractivity contribution is -0.200. The maximum Gasteiger partial charge on any atom is 0.399 e. The summed E-state index contributed by atoms with van der Waals surface area (Å²) in [7, 11) is -5.66. The number of hydrogen-bond acceptors (Lipinski definition) is 9. The first-order chi connectivity index (χ1) is 17.4. The van der Waals surface area contributed by atoms with Crippen LogP contribution >= 0.6 is 7.60 Å². The van der Waals surface area contributed by atoms with Gasteiger partial charge in [0.2, 0.25) is 5.91 Å². The summed E-state index contributed by atoms with van der Waals surface area (Å²) in [5.41, 5.74) is -4.78. The van der Waals surface area contributed by atoms with Gasteiger partial charge in [-0.2, -0.15) is 8.78 Å². The van der Waals surface area contributed by atoms with Gasteiger partial charge in [-0.3, -0.25) is 18.9 Å². The van der Waals surface area contributed by atoms with E-state index in [1.165, 1.54) is 12.1 Å². The molecule has 3 N–H and O–H groups in total. The molecule has 2 rings (SSSR count). The number of rotatable bonds is 16. The second-order valence-corrected chi connectivity index (χ2v) is 9.28. The van der Waals surface area contributed by atoms with E-state index in [1.54, 1.807) is 0 Å². The molecule has 37 heavy (non-hydrogen) atoms. The molecule has 0 atom stereocenters. The largest absolute Gasteiger partial charge is 0.399 e. The predicted molar refractivity (Wildman–Crippen MR) is 119 cm³/mol. The van der Waals surface area contributed by atoms with Crippen LogP contribution in [0.2, 0.25) is 0 Å². The number of imide groups is 1. The van der Waals surface area contributed by atoms with Gasteiger partial charge in [0.25, 0.3) is 11.8 Å². The average molecular weight is 552 g/mol. The van der Waals surface area contributed by atoms with Crippen molar-refractivity contribution in [2.75, 3.05) is 46.2 Å². The first-order valence-corrected chi connectivity index (χ1v) is 12.6. The van der Waals surface area contributed by atoms with E-state index in [1.807, 2.05) is 0 Å². The normalized spacial score (nSPS) is 14.2. The van der Waals surface area contributed by atoms with E-state index in [9.17, 15) is 32.5 Å². The second-order valence-electron chi connectivity index (χ2n) is 7.63. The maximum absolute atomic E-state index is 13.6. The number of nitrogens with zero attached hydrogens (tertiary/aromatic N) is 1. The van der Waals surface area contributed by atoms with E-state index in [-0.39, 0.29) is 58.8 Å². The van der Waals surface area contributed by atoms with E-state index in [4.69, 9.17) is 24.0 Å². The number of carbonyl (C=O) groups is 4. The molecule has 1 heterocycles. The Morgan fingerprint density at radius 1 is 0.946 bits per heavy atom. The fraction of sp³-hybridized carbons (Fsp3) is 0.524. The summed E-state index contributed by atoms with van der Waals surface area (Å²) < 4.78 is 53.7. The van der Waals surface area contributed by atoms with Crippen LogP contribution in [0.3, 0.4) is 0 Å². The van der Waals surface area contributed by atoms with Crippen LogP contribution < -0.4 is 5.32 Å². The molecule has 206 valence electrons. The summed E-state index contributed by atoms with van der Waals surface area (Å²) in [5, 5.41) is 3.01. The monoisotopic (exact) mass is 552 g/mol. The Hall–Kier alpha value is -2.81. The van der Waals surface area contributed by atoms with Crippen molar-refractivity contribution in [3.8, 4) is 0 Å². The SMILES string of the molecule is O=C(Cc1ccc(C(F)(F)P(=O)(O)O)cc1)NCCOCCOCCOCC(=O)ON1C(=O)CCC1=O. The van der Waals surface area contributed by atoms with Crippen LogP contribution in [0.5, 0.6) is 0 Å². The third-order valence-electron chi connectivity index (χ3n) is 4.76. The van der Waals surface area contributed by atoms with Crippen LogP contribution in [-0.4, -0.2) is 84.7 Å². The molecular weight excluding hydrogens is 525 g/mol. The highest BCUT2D eigenvalue weighted by Crippen LogP contribution is 2.59. The van der Waals surface area contributed by atoms with E-state index < -0.39 is 49.1 Å². The maximum atomic E-state index is 13.6.